The zero-order valence-corrected chi connectivity index (χ0v) is 12.2. The number of aryl methyl sites for hydroxylation is 1. The number of hydrogen-bond acceptors (Lipinski definition) is 5. The van der Waals surface area contributed by atoms with E-state index in [-0.39, 0.29) is 5.91 Å². The van der Waals surface area contributed by atoms with E-state index in [2.05, 4.69) is 27.5 Å². The largest absolute Gasteiger partial charge is 0.336 e. The summed E-state index contributed by atoms with van der Waals surface area (Å²) < 4.78 is 1.60. The zero-order chi connectivity index (χ0) is 14.8. The van der Waals surface area contributed by atoms with E-state index in [1.165, 1.54) is 0 Å². The van der Waals surface area contributed by atoms with Crippen molar-refractivity contribution in [1.82, 2.24) is 30.0 Å². The Morgan fingerprint density at radius 3 is 2.52 bits per heavy atom. The molecule has 1 saturated heterocycles. The minimum atomic E-state index is 0.0357. The summed E-state index contributed by atoms with van der Waals surface area (Å²) in [5.74, 6) is 0.697. The number of nitrogens with zero attached hydrogens (tertiary/aromatic N) is 6. The van der Waals surface area contributed by atoms with Crippen molar-refractivity contribution >= 4 is 5.91 Å². The van der Waals surface area contributed by atoms with Crippen molar-refractivity contribution in [3.8, 4) is 5.69 Å². The zero-order valence-electron chi connectivity index (χ0n) is 12.2. The van der Waals surface area contributed by atoms with E-state index in [1.54, 1.807) is 4.68 Å². The minimum Gasteiger partial charge on any atom is -0.336 e. The Hall–Kier alpha value is -2.28. The van der Waals surface area contributed by atoms with Gasteiger partial charge in [-0.05, 0) is 36.5 Å². The first kappa shape index (κ1) is 13.7. The molecule has 0 unspecified atom stereocenters. The Labute approximate surface area is 123 Å². The number of carbonyl (C=O) groups excluding carboxylic acids is 1. The SMILES string of the molecule is Cc1nnnn1-c1ccccc1C(=O)N1CCN(C)CC1. The number of benzene rings is 1. The molecule has 0 aliphatic carbocycles. The Kier molecular flexibility index (Phi) is 3.66. The second-order valence-corrected chi connectivity index (χ2v) is 5.25. The van der Waals surface area contributed by atoms with Gasteiger partial charge in [0.25, 0.3) is 5.91 Å². The molecule has 2 aromatic rings. The van der Waals surface area contributed by atoms with Crippen LogP contribution in [0.15, 0.2) is 24.3 Å². The molecule has 7 heteroatoms. The third kappa shape index (κ3) is 2.64. The third-order valence-corrected chi connectivity index (χ3v) is 3.78. The van der Waals surface area contributed by atoms with E-state index in [1.807, 2.05) is 36.1 Å². The van der Waals surface area contributed by atoms with Gasteiger partial charge in [-0.15, -0.1) is 5.10 Å². The van der Waals surface area contributed by atoms with Crippen molar-refractivity contribution in [2.24, 2.45) is 0 Å². The summed E-state index contributed by atoms with van der Waals surface area (Å²) in [6, 6.07) is 7.45. The number of likely N-dealkylation sites (N-methyl/N-ethyl adjacent to an activating group) is 1. The standard InChI is InChI=1S/C14H18N6O/c1-11-15-16-17-20(11)13-6-4-3-5-12(13)14(21)19-9-7-18(2)8-10-19/h3-6H,7-10H2,1-2H3. The van der Waals surface area contributed by atoms with Crippen LogP contribution in [-0.2, 0) is 0 Å². The van der Waals surface area contributed by atoms with Crippen molar-refractivity contribution in [2.75, 3.05) is 33.2 Å². The van der Waals surface area contributed by atoms with Crippen LogP contribution in [0.4, 0.5) is 0 Å². The Morgan fingerprint density at radius 1 is 1.14 bits per heavy atom. The highest BCUT2D eigenvalue weighted by Crippen LogP contribution is 2.17. The van der Waals surface area contributed by atoms with Crippen LogP contribution in [0.25, 0.3) is 5.69 Å². The van der Waals surface area contributed by atoms with Gasteiger partial charge in [0, 0.05) is 26.2 Å². The minimum absolute atomic E-state index is 0.0357. The molecule has 1 aromatic heterocycles. The predicted molar refractivity (Wildman–Crippen MR) is 77.3 cm³/mol. The fraction of sp³-hybridized carbons (Fsp3) is 0.429. The fourth-order valence-electron chi connectivity index (χ4n) is 2.47. The summed E-state index contributed by atoms with van der Waals surface area (Å²) in [6.45, 7) is 5.11. The lowest BCUT2D eigenvalue weighted by Crippen LogP contribution is -2.47. The van der Waals surface area contributed by atoms with Crippen molar-refractivity contribution in [3.63, 3.8) is 0 Å². The van der Waals surface area contributed by atoms with E-state index >= 15 is 0 Å². The van der Waals surface area contributed by atoms with Gasteiger partial charge >= 0.3 is 0 Å². The smallest absolute Gasteiger partial charge is 0.256 e. The van der Waals surface area contributed by atoms with E-state index < -0.39 is 0 Å². The van der Waals surface area contributed by atoms with E-state index in [0.717, 1.165) is 31.9 Å². The first-order valence-electron chi connectivity index (χ1n) is 6.99. The lowest BCUT2D eigenvalue weighted by atomic mass is 10.1. The van der Waals surface area contributed by atoms with Gasteiger partial charge in [-0.2, -0.15) is 4.68 Å². The number of carbonyl (C=O) groups is 1. The van der Waals surface area contributed by atoms with Crippen LogP contribution in [-0.4, -0.2) is 69.1 Å². The molecule has 0 saturated carbocycles. The summed E-state index contributed by atoms with van der Waals surface area (Å²) in [6.07, 6.45) is 0. The molecule has 0 bridgehead atoms. The molecule has 1 aliphatic heterocycles. The molecular formula is C14H18N6O. The number of aromatic nitrogens is 4. The number of rotatable bonds is 2. The monoisotopic (exact) mass is 286 g/mol. The van der Waals surface area contributed by atoms with Gasteiger partial charge in [0.15, 0.2) is 5.82 Å². The Bertz CT molecular complexity index is 644. The van der Waals surface area contributed by atoms with Crippen LogP contribution < -0.4 is 0 Å². The first-order valence-corrected chi connectivity index (χ1v) is 6.99. The van der Waals surface area contributed by atoms with Crippen LogP contribution in [0.3, 0.4) is 0 Å². The van der Waals surface area contributed by atoms with E-state index in [0.29, 0.717) is 11.4 Å². The van der Waals surface area contributed by atoms with Gasteiger partial charge < -0.3 is 9.80 Å². The molecule has 1 amide bonds. The maximum Gasteiger partial charge on any atom is 0.256 e. The molecule has 1 fully saturated rings. The number of tetrazole rings is 1. The van der Waals surface area contributed by atoms with Crippen LogP contribution in [0.5, 0.6) is 0 Å². The quantitative estimate of drug-likeness (QED) is 0.797. The third-order valence-electron chi connectivity index (χ3n) is 3.78. The first-order chi connectivity index (χ1) is 10.2. The molecule has 0 atom stereocenters. The summed E-state index contributed by atoms with van der Waals surface area (Å²) >= 11 is 0. The van der Waals surface area contributed by atoms with Crippen LogP contribution in [0.1, 0.15) is 16.2 Å². The van der Waals surface area contributed by atoms with E-state index in [9.17, 15) is 4.79 Å². The Morgan fingerprint density at radius 2 is 1.86 bits per heavy atom. The maximum atomic E-state index is 12.8. The number of para-hydroxylation sites is 1. The van der Waals surface area contributed by atoms with Crippen molar-refractivity contribution < 1.29 is 4.79 Å². The van der Waals surface area contributed by atoms with Crippen molar-refractivity contribution in [3.05, 3.63) is 35.7 Å². The van der Waals surface area contributed by atoms with Gasteiger partial charge in [-0.1, -0.05) is 12.1 Å². The second-order valence-electron chi connectivity index (χ2n) is 5.25. The average Bonchev–Trinajstić information content (AvgIpc) is 2.93. The summed E-state index contributed by atoms with van der Waals surface area (Å²) in [5, 5.41) is 11.5. The van der Waals surface area contributed by atoms with Gasteiger partial charge in [-0.3, -0.25) is 4.79 Å². The molecule has 0 spiro atoms. The van der Waals surface area contributed by atoms with Gasteiger partial charge in [-0.25, -0.2) is 0 Å². The molecule has 3 rings (SSSR count). The molecule has 110 valence electrons. The highest BCUT2D eigenvalue weighted by Gasteiger charge is 2.23. The molecule has 1 aliphatic rings. The van der Waals surface area contributed by atoms with Gasteiger partial charge in [0.05, 0.1) is 11.3 Å². The highest BCUT2D eigenvalue weighted by atomic mass is 16.2. The predicted octanol–water partition coefficient (Wildman–Crippen LogP) is 0.358. The summed E-state index contributed by atoms with van der Waals surface area (Å²) in [5.41, 5.74) is 1.36. The molecule has 2 heterocycles. The van der Waals surface area contributed by atoms with Crippen LogP contribution in [0.2, 0.25) is 0 Å². The average molecular weight is 286 g/mol. The maximum absolute atomic E-state index is 12.8. The second kappa shape index (κ2) is 5.61. The lowest BCUT2D eigenvalue weighted by Gasteiger charge is -2.32. The number of piperazine rings is 1. The van der Waals surface area contributed by atoms with Crippen LogP contribution in [0, 0.1) is 6.92 Å². The van der Waals surface area contributed by atoms with Crippen LogP contribution >= 0.6 is 0 Å². The molecule has 7 nitrogen and oxygen atoms in total. The van der Waals surface area contributed by atoms with E-state index in [4.69, 9.17) is 0 Å². The Balaban J connectivity index is 1.92. The number of amides is 1. The summed E-state index contributed by atoms with van der Waals surface area (Å²) in [7, 11) is 2.07. The fourth-order valence-corrected chi connectivity index (χ4v) is 2.47. The highest BCUT2D eigenvalue weighted by molar-refractivity contribution is 5.97. The molecular weight excluding hydrogens is 268 g/mol. The lowest BCUT2D eigenvalue weighted by molar-refractivity contribution is 0.0664. The molecule has 0 radical (unpaired) electrons. The van der Waals surface area contributed by atoms with Crippen molar-refractivity contribution in [2.45, 2.75) is 6.92 Å². The molecule has 0 N–H and O–H groups in total. The van der Waals surface area contributed by atoms with Gasteiger partial charge in [0.1, 0.15) is 0 Å². The molecule has 21 heavy (non-hydrogen) atoms. The normalized spacial score (nSPS) is 16.2. The number of hydrogen-bond donors (Lipinski definition) is 0. The van der Waals surface area contributed by atoms with Crippen molar-refractivity contribution in [1.29, 1.82) is 0 Å². The van der Waals surface area contributed by atoms with Gasteiger partial charge in [0.2, 0.25) is 0 Å². The topological polar surface area (TPSA) is 67.2 Å². The summed E-state index contributed by atoms with van der Waals surface area (Å²) in [4.78, 5) is 16.9. The molecule has 1 aromatic carbocycles.